The molecule has 0 radical (unpaired) electrons. The van der Waals surface area contributed by atoms with Gasteiger partial charge in [0, 0.05) is 32.4 Å². The van der Waals surface area contributed by atoms with E-state index in [1.807, 2.05) is 6.07 Å². The molecule has 0 atom stereocenters. The average molecular weight is 361 g/mol. The summed E-state index contributed by atoms with van der Waals surface area (Å²) in [7, 11) is -3.97. The third-order valence-electron chi connectivity index (χ3n) is 4.22. The number of aromatic nitrogens is 3. The van der Waals surface area contributed by atoms with E-state index in [2.05, 4.69) is 25.4 Å². The van der Waals surface area contributed by atoms with Gasteiger partial charge in [-0.1, -0.05) is 6.07 Å². The van der Waals surface area contributed by atoms with Crippen molar-refractivity contribution in [2.75, 3.05) is 31.1 Å². The molecule has 1 aliphatic rings. The number of H-pyrrole nitrogens is 1. The summed E-state index contributed by atoms with van der Waals surface area (Å²) in [6, 6.07) is 6.72. The highest BCUT2D eigenvalue weighted by molar-refractivity contribution is 7.91. The van der Waals surface area contributed by atoms with Crippen LogP contribution in [0, 0.1) is 5.82 Å². The molecule has 2 N–H and O–H groups in total. The van der Waals surface area contributed by atoms with E-state index in [1.54, 1.807) is 6.20 Å². The second-order valence-corrected chi connectivity index (χ2v) is 7.65. The number of hydrogen-bond donors (Lipinski definition) is 2. The van der Waals surface area contributed by atoms with Gasteiger partial charge in [0.1, 0.15) is 16.9 Å². The molecule has 0 saturated carbocycles. The van der Waals surface area contributed by atoms with Gasteiger partial charge in [-0.2, -0.15) is 5.10 Å². The monoisotopic (exact) mass is 361 g/mol. The van der Waals surface area contributed by atoms with Crippen LogP contribution in [0.3, 0.4) is 0 Å². The predicted octanol–water partition coefficient (Wildman–Crippen LogP) is 1.34. The number of hydrogen-bond acceptors (Lipinski definition) is 6. The van der Waals surface area contributed by atoms with Crippen molar-refractivity contribution in [3.8, 4) is 0 Å². The summed E-state index contributed by atoms with van der Waals surface area (Å²) in [5.74, 6) is -0.615. The molecule has 1 aliphatic heterocycles. The third-order valence-corrected chi connectivity index (χ3v) is 5.89. The molecule has 1 fully saturated rings. The van der Waals surface area contributed by atoms with Crippen LogP contribution in [0.5, 0.6) is 0 Å². The van der Waals surface area contributed by atoms with Crippen molar-refractivity contribution in [1.82, 2.24) is 20.5 Å². The van der Waals surface area contributed by atoms with Gasteiger partial charge in [0.15, 0.2) is 0 Å². The molecule has 3 aromatic rings. The smallest absolute Gasteiger partial charge is 0.227 e. The Morgan fingerprint density at radius 3 is 2.72 bits per heavy atom. The van der Waals surface area contributed by atoms with Gasteiger partial charge in [0.25, 0.3) is 0 Å². The molecule has 3 heterocycles. The van der Waals surface area contributed by atoms with Gasteiger partial charge in [0.2, 0.25) is 14.9 Å². The molecule has 0 unspecified atom stereocenters. The SMILES string of the molecule is O=S(=O)(c1cccc(F)c1)c1n[nH]c2c(N3CCNCC3)ccnc12. The van der Waals surface area contributed by atoms with E-state index in [9.17, 15) is 12.8 Å². The molecule has 7 nitrogen and oxygen atoms in total. The molecular weight excluding hydrogens is 345 g/mol. The topological polar surface area (TPSA) is 91.0 Å². The maximum absolute atomic E-state index is 13.4. The van der Waals surface area contributed by atoms with Crippen LogP contribution in [-0.4, -0.2) is 49.8 Å². The fourth-order valence-corrected chi connectivity index (χ4v) is 4.31. The third kappa shape index (κ3) is 2.75. The van der Waals surface area contributed by atoms with Gasteiger partial charge in [-0.05, 0) is 24.3 Å². The second-order valence-electron chi connectivity index (χ2n) is 5.78. The van der Waals surface area contributed by atoms with Crippen LogP contribution >= 0.6 is 0 Å². The summed E-state index contributed by atoms with van der Waals surface area (Å²) in [5, 5.41) is 9.87. The summed E-state index contributed by atoms with van der Waals surface area (Å²) in [6.07, 6.45) is 1.57. The van der Waals surface area contributed by atoms with Crippen LogP contribution in [0.4, 0.5) is 10.1 Å². The first-order valence-corrected chi connectivity index (χ1v) is 9.35. The van der Waals surface area contributed by atoms with Crippen LogP contribution < -0.4 is 10.2 Å². The minimum atomic E-state index is -3.97. The zero-order valence-electron chi connectivity index (χ0n) is 13.2. The maximum Gasteiger partial charge on any atom is 0.227 e. The molecule has 9 heteroatoms. The largest absolute Gasteiger partial charge is 0.367 e. The first-order valence-electron chi connectivity index (χ1n) is 7.87. The van der Waals surface area contributed by atoms with E-state index in [1.165, 1.54) is 18.2 Å². The highest BCUT2D eigenvalue weighted by atomic mass is 32.2. The number of rotatable bonds is 3. The number of nitrogens with one attached hydrogen (secondary N) is 2. The number of piperazine rings is 1. The second kappa shape index (κ2) is 6.08. The number of fused-ring (bicyclic) bond motifs is 1. The van der Waals surface area contributed by atoms with Gasteiger partial charge in [-0.25, -0.2) is 12.8 Å². The van der Waals surface area contributed by atoms with E-state index in [4.69, 9.17) is 0 Å². The van der Waals surface area contributed by atoms with Gasteiger partial charge in [-0.15, -0.1) is 0 Å². The lowest BCUT2D eigenvalue weighted by Gasteiger charge is -2.29. The predicted molar refractivity (Wildman–Crippen MR) is 90.8 cm³/mol. The quantitative estimate of drug-likeness (QED) is 0.732. The number of benzene rings is 1. The molecule has 130 valence electrons. The first-order chi connectivity index (χ1) is 12.1. The zero-order valence-corrected chi connectivity index (χ0v) is 14.1. The summed E-state index contributed by atoms with van der Waals surface area (Å²) in [5.41, 5.74) is 1.69. The number of halogens is 1. The minimum absolute atomic E-state index is 0.143. The van der Waals surface area contributed by atoms with Crippen molar-refractivity contribution in [3.05, 3.63) is 42.3 Å². The molecule has 0 aliphatic carbocycles. The van der Waals surface area contributed by atoms with Gasteiger partial charge in [0.05, 0.1) is 10.6 Å². The normalized spacial score (nSPS) is 15.6. The fourth-order valence-electron chi connectivity index (χ4n) is 2.99. The van der Waals surface area contributed by atoms with Crippen molar-refractivity contribution in [3.63, 3.8) is 0 Å². The van der Waals surface area contributed by atoms with Crippen LogP contribution in [0.25, 0.3) is 11.0 Å². The van der Waals surface area contributed by atoms with Gasteiger partial charge < -0.3 is 10.2 Å². The molecule has 25 heavy (non-hydrogen) atoms. The Kier molecular flexibility index (Phi) is 3.89. The van der Waals surface area contributed by atoms with Crippen LogP contribution in [0.2, 0.25) is 0 Å². The Bertz CT molecular complexity index is 1030. The van der Waals surface area contributed by atoms with E-state index in [0.717, 1.165) is 37.9 Å². The molecule has 1 saturated heterocycles. The number of nitrogens with zero attached hydrogens (tertiary/aromatic N) is 3. The van der Waals surface area contributed by atoms with Crippen LogP contribution in [0.1, 0.15) is 0 Å². The van der Waals surface area contributed by atoms with Gasteiger partial charge in [-0.3, -0.25) is 10.1 Å². The zero-order chi connectivity index (χ0) is 17.4. The molecule has 0 amide bonds. The van der Waals surface area contributed by atoms with E-state index < -0.39 is 15.7 Å². The van der Waals surface area contributed by atoms with Crippen LogP contribution in [-0.2, 0) is 9.84 Å². The minimum Gasteiger partial charge on any atom is -0.367 e. The van der Waals surface area contributed by atoms with E-state index >= 15 is 0 Å². The van der Waals surface area contributed by atoms with Crippen LogP contribution in [0.15, 0.2) is 46.5 Å². The van der Waals surface area contributed by atoms with E-state index in [-0.39, 0.29) is 15.4 Å². The Balaban J connectivity index is 1.84. The van der Waals surface area contributed by atoms with Crippen molar-refractivity contribution in [2.24, 2.45) is 0 Å². The number of aromatic amines is 1. The highest BCUT2D eigenvalue weighted by Crippen LogP contribution is 2.30. The molecule has 4 rings (SSSR count). The van der Waals surface area contributed by atoms with Crippen molar-refractivity contribution in [2.45, 2.75) is 9.92 Å². The fraction of sp³-hybridized carbons (Fsp3) is 0.250. The average Bonchev–Trinajstić information content (AvgIpc) is 3.07. The summed E-state index contributed by atoms with van der Waals surface area (Å²) < 4.78 is 39.1. The lowest BCUT2D eigenvalue weighted by atomic mass is 10.2. The first kappa shape index (κ1) is 16.0. The molecule has 0 bridgehead atoms. The molecule has 2 aromatic heterocycles. The van der Waals surface area contributed by atoms with Crippen molar-refractivity contribution in [1.29, 1.82) is 0 Å². The Labute approximate surface area is 143 Å². The van der Waals surface area contributed by atoms with Crippen molar-refractivity contribution < 1.29 is 12.8 Å². The highest BCUT2D eigenvalue weighted by Gasteiger charge is 2.27. The Morgan fingerprint density at radius 2 is 1.96 bits per heavy atom. The maximum atomic E-state index is 13.4. The Morgan fingerprint density at radius 1 is 1.16 bits per heavy atom. The molecule has 0 spiro atoms. The summed E-state index contributed by atoms with van der Waals surface area (Å²) >= 11 is 0. The Hall–Kier alpha value is -2.52. The summed E-state index contributed by atoms with van der Waals surface area (Å²) in [4.78, 5) is 6.21. The molecular formula is C16H16FN5O2S. The summed E-state index contributed by atoms with van der Waals surface area (Å²) in [6.45, 7) is 3.33. The number of sulfone groups is 1. The van der Waals surface area contributed by atoms with Crippen molar-refractivity contribution >= 4 is 26.6 Å². The standard InChI is InChI=1S/C16H16FN5O2S/c17-11-2-1-3-12(10-11)25(23,24)16-15-14(20-21-16)13(4-5-19-15)22-8-6-18-7-9-22/h1-5,10,18H,6-9H2,(H,20,21). The molecule has 1 aromatic carbocycles. The number of anilines is 1. The number of pyridine rings is 1. The van der Waals surface area contributed by atoms with E-state index in [0.29, 0.717) is 5.52 Å². The lowest BCUT2D eigenvalue weighted by molar-refractivity contribution is 0.588. The lowest BCUT2D eigenvalue weighted by Crippen LogP contribution is -2.43. The van der Waals surface area contributed by atoms with Gasteiger partial charge >= 0.3 is 0 Å².